The third-order valence-electron chi connectivity index (χ3n) is 4.57. The highest BCUT2D eigenvalue weighted by Crippen LogP contribution is 2.32. The lowest BCUT2D eigenvalue weighted by atomic mass is 10.1. The number of anilines is 1. The van der Waals surface area contributed by atoms with E-state index in [0.29, 0.717) is 11.5 Å². The lowest BCUT2D eigenvalue weighted by molar-refractivity contribution is -0.126. The highest BCUT2D eigenvalue weighted by atomic mass is 19.1. The fraction of sp³-hybridized carbons (Fsp3) is 0.211. The summed E-state index contributed by atoms with van der Waals surface area (Å²) >= 11 is 0. The minimum atomic E-state index is -0.704. The molecule has 1 fully saturated rings. The number of halogens is 1. The van der Waals surface area contributed by atoms with Gasteiger partial charge in [0.15, 0.2) is 11.5 Å². The number of benzene rings is 2. The monoisotopic (exact) mass is 385 g/mol. The fourth-order valence-corrected chi connectivity index (χ4v) is 3.12. The van der Waals surface area contributed by atoms with Crippen LogP contribution in [0, 0.1) is 11.7 Å². The zero-order valence-corrected chi connectivity index (χ0v) is 14.6. The first-order chi connectivity index (χ1) is 13.5. The Morgan fingerprint density at radius 3 is 2.68 bits per heavy atom. The summed E-state index contributed by atoms with van der Waals surface area (Å²) in [5.41, 5.74) is 5.03. The minimum Gasteiger partial charge on any atom is -0.454 e. The maximum absolute atomic E-state index is 13.9. The highest BCUT2D eigenvalue weighted by molar-refractivity contribution is 6.01. The molecule has 0 radical (unpaired) electrons. The molecule has 8 nitrogen and oxygen atoms in total. The van der Waals surface area contributed by atoms with Crippen molar-refractivity contribution in [2.75, 3.05) is 18.2 Å². The SMILES string of the molecule is O=C(NNC(=O)C1CC(=O)N(c2ccccc2F)C1)c1ccc2c(c1)OCO2. The average Bonchev–Trinajstić information content (AvgIpc) is 3.32. The van der Waals surface area contributed by atoms with E-state index in [4.69, 9.17) is 9.47 Å². The topological polar surface area (TPSA) is 97.0 Å². The van der Waals surface area contributed by atoms with Crippen molar-refractivity contribution in [1.82, 2.24) is 10.9 Å². The number of hydrogen-bond donors (Lipinski definition) is 2. The van der Waals surface area contributed by atoms with E-state index in [1.54, 1.807) is 12.1 Å². The predicted molar refractivity (Wildman–Crippen MR) is 95.0 cm³/mol. The van der Waals surface area contributed by atoms with Gasteiger partial charge in [-0.1, -0.05) is 12.1 Å². The fourth-order valence-electron chi connectivity index (χ4n) is 3.12. The van der Waals surface area contributed by atoms with Crippen LogP contribution < -0.4 is 25.2 Å². The molecule has 1 unspecified atom stereocenters. The summed E-state index contributed by atoms with van der Waals surface area (Å²) in [7, 11) is 0. The van der Waals surface area contributed by atoms with Gasteiger partial charge in [0, 0.05) is 18.5 Å². The lowest BCUT2D eigenvalue weighted by Crippen LogP contribution is -2.45. The van der Waals surface area contributed by atoms with Gasteiger partial charge in [0.2, 0.25) is 18.6 Å². The van der Waals surface area contributed by atoms with Gasteiger partial charge in [-0.25, -0.2) is 4.39 Å². The van der Waals surface area contributed by atoms with Gasteiger partial charge in [0.1, 0.15) is 5.82 Å². The van der Waals surface area contributed by atoms with Crippen molar-refractivity contribution < 1.29 is 28.2 Å². The van der Waals surface area contributed by atoms with Gasteiger partial charge in [-0.05, 0) is 30.3 Å². The number of nitrogens with one attached hydrogen (secondary N) is 2. The second-order valence-electron chi connectivity index (χ2n) is 6.37. The molecule has 3 amide bonds. The van der Waals surface area contributed by atoms with Gasteiger partial charge < -0.3 is 14.4 Å². The number of hydrazine groups is 1. The second-order valence-corrected chi connectivity index (χ2v) is 6.37. The number of para-hydroxylation sites is 1. The Labute approximate surface area is 159 Å². The normalized spacial score (nSPS) is 17.5. The summed E-state index contributed by atoms with van der Waals surface area (Å²) in [5.74, 6) is -1.67. The van der Waals surface area contributed by atoms with Crippen LogP contribution in [0.2, 0.25) is 0 Å². The van der Waals surface area contributed by atoms with Gasteiger partial charge >= 0.3 is 0 Å². The zero-order valence-electron chi connectivity index (χ0n) is 14.6. The molecular formula is C19H16FN3O5. The molecule has 2 aromatic rings. The second kappa shape index (κ2) is 7.18. The van der Waals surface area contributed by atoms with Gasteiger partial charge in [0.05, 0.1) is 11.6 Å². The molecule has 0 aromatic heterocycles. The number of rotatable bonds is 3. The molecule has 0 spiro atoms. The van der Waals surface area contributed by atoms with Gasteiger partial charge in [-0.15, -0.1) is 0 Å². The molecule has 0 bridgehead atoms. The van der Waals surface area contributed by atoms with E-state index >= 15 is 0 Å². The molecule has 4 rings (SSSR count). The summed E-state index contributed by atoms with van der Waals surface area (Å²) in [6, 6.07) is 10.5. The van der Waals surface area contributed by atoms with E-state index in [9.17, 15) is 18.8 Å². The third kappa shape index (κ3) is 3.34. The Morgan fingerprint density at radius 2 is 1.86 bits per heavy atom. The Hall–Kier alpha value is -3.62. The number of ether oxygens (including phenoxy) is 2. The van der Waals surface area contributed by atoms with E-state index in [2.05, 4.69) is 10.9 Å². The molecule has 2 N–H and O–H groups in total. The molecule has 1 atom stereocenters. The summed E-state index contributed by atoms with van der Waals surface area (Å²) in [5, 5.41) is 0. The van der Waals surface area contributed by atoms with Crippen molar-refractivity contribution in [2.45, 2.75) is 6.42 Å². The molecule has 9 heteroatoms. The Balaban J connectivity index is 1.36. The number of nitrogens with zero attached hydrogens (tertiary/aromatic N) is 1. The van der Waals surface area contributed by atoms with E-state index in [0.717, 1.165) is 0 Å². The average molecular weight is 385 g/mol. The van der Waals surface area contributed by atoms with Crippen LogP contribution in [-0.4, -0.2) is 31.1 Å². The quantitative estimate of drug-likeness (QED) is 0.778. The van der Waals surface area contributed by atoms with Gasteiger partial charge in [-0.3, -0.25) is 25.2 Å². The first kappa shape index (κ1) is 17.8. The molecule has 28 heavy (non-hydrogen) atoms. The summed E-state index contributed by atoms with van der Waals surface area (Å²) < 4.78 is 24.3. The summed E-state index contributed by atoms with van der Waals surface area (Å²) in [6.45, 7) is 0.122. The van der Waals surface area contributed by atoms with Gasteiger partial charge in [0.25, 0.3) is 5.91 Å². The van der Waals surface area contributed by atoms with Crippen LogP contribution in [0.4, 0.5) is 10.1 Å². The first-order valence-corrected chi connectivity index (χ1v) is 8.57. The third-order valence-corrected chi connectivity index (χ3v) is 4.57. The molecule has 0 aliphatic carbocycles. The zero-order chi connectivity index (χ0) is 19.7. The van der Waals surface area contributed by atoms with Crippen LogP contribution in [0.25, 0.3) is 0 Å². The number of amides is 3. The van der Waals surface area contributed by atoms with Crippen LogP contribution in [0.1, 0.15) is 16.8 Å². The smallest absolute Gasteiger partial charge is 0.269 e. The number of carbonyl (C=O) groups is 3. The van der Waals surface area contributed by atoms with Crippen LogP contribution in [0.5, 0.6) is 11.5 Å². The van der Waals surface area contributed by atoms with E-state index < -0.39 is 23.5 Å². The largest absolute Gasteiger partial charge is 0.454 e. The first-order valence-electron chi connectivity index (χ1n) is 8.57. The number of hydrogen-bond acceptors (Lipinski definition) is 5. The van der Waals surface area contributed by atoms with E-state index in [-0.39, 0.29) is 36.9 Å². The van der Waals surface area contributed by atoms with Crippen LogP contribution in [-0.2, 0) is 9.59 Å². The molecular weight excluding hydrogens is 369 g/mol. The Kier molecular flexibility index (Phi) is 4.56. The standard InChI is InChI=1S/C19H16FN3O5/c20-13-3-1-2-4-14(13)23-9-12(8-17(23)24)19(26)22-21-18(25)11-5-6-15-16(7-11)28-10-27-15/h1-7,12H,8-10H2,(H,21,25)(H,22,26). The van der Waals surface area contributed by atoms with Crippen molar-refractivity contribution in [1.29, 1.82) is 0 Å². The molecule has 2 aliphatic heterocycles. The Bertz CT molecular complexity index is 964. The molecule has 2 heterocycles. The number of fused-ring (bicyclic) bond motifs is 1. The van der Waals surface area contributed by atoms with Crippen LogP contribution in [0.15, 0.2) is 42.5 Å². The minimum absolute atomic E-state index is 0.0332. The predicted octanol–water partition coefficient (Wildman–Crippen LogP) is 1.37. The van der Waals surface area contributed by atoms with Crippen molar-refractivity contribution in [3.8, 4) is 11.5 Å². The Morgan fingerprint density at radius 1 is 1.07 bits per heavy atom. The van der Waals surface area contributed by atoms with Crippen molar-refractivity contribution in [2.24, 2.45) is 5.92 Å². The van der Waals surface area contributed by atoms with Crippen molar-refractivity contribution >= 4 is 23.4 Å². The number of carbonyl (C=O) groups excluding carboxylic acids is 3. The van der Waals surface area contributed by atoms with Crippen molar-refractivity contribution in [3.05, 3.63) is 53.8 Å². The maximum atomic E-state index is 13.9. The molecule has 144 valence electrons. The van der Waals surface area contributed by atoms with Crippen LogP contribution in [0.3, 0.4) is 0 Å². The molecule has 2 aliphatic rings. The summed E-state index contributed by atoms with van der Waals surface area (Å²) in [4.78, 5) is 38.0. The lowest BCUT2D eigenvalue weighted by Gasteiger charge is -2.17. The molecule has 2 aromatic carbocycles. The van der Waals surface area contributed by atoms with E-state index in [1.807, 2.05) is 0 Å². The van der Waals surface area contributed by atoms with E-state index in [1.165, 1.54) is 35.2 Å². The highest BCUT2D eigenvalue weighted by Gasteiger charge is 2.36. The van der Waals surface area contributed by atoms with Gasteiger partial charge in [-0.2, -0.15) is 0 Å². The maximum Gasteiger partial charge on any atom is 0.269 e. The van der Waals surface area contributed by atoms with Crippen LogP contribution >= 0.6 is 0 Å². The summed E-state index contributed by atoms with van der Waals surface area (Å²) in [6.07, 6.45) is -0.0694. The molecule has 1 saturated heterocycles. The van der Waals surface area contributed by atoms with Crippen molar-refractivity contribution in [3.63, 3.8) is 0 Å². The molecule has 0 saturated carbocycles.